The molecule has 3 aromatic rings. The Balaban J connectivity index is 1.61. The van der Waals surface area contributed by atoms with Gasteiger partial charge in [0.1, 0.15) is 18.0 Å². The van der Waals surface area contributed by atoms with Crippen LogP contribution in [0.3, 0.4) is 0 Å². The van der Waals surface area contributed by atoms with Crippen LogP contribution in [0.15, 0.2) is 57.1 Å². The monoisotopic (exact) mass is 486 g/mol. The SMILES string of the molecule is CN(CCON=C1C(c2c(O)[nH]c3cc(Br)ccc23)=Nc2ccccc21)CC(O)CO. The van der Waals surface area contributed by atoms with E-state index in [1.807, 2.05) is 54.4 Å². The molecule has 0 spiro atoms. The number of para-hydroxylation sites is 1. The van der Waals surface area contributed by atoms with E-state index in [4.69, 9.17) is 14.9 Å². The Bertz CT molecular complexity index is 1160. The molecule has 0 saturated heterocycles. The molecule has 2 heterocycles. The van der Waals surface area contributed by atoms with Crippen LogP contribution >= 0.6 is 15.9 Å². The standard InChI is InChI=1S/C22H23BrN4O4/c1-27(11-14(29)12-28)8-9-31-26-20-16-4-2-3-5-17(16)24-21(20)19-15-7-6-13(23)10-18(15)25-22(19)30/h2-7,10,14,25,28-30H,8-9,11-12H2,1H3. The summed E-state index contributed by atoms with van der Waals surface area (Å²) < 4.78 is 0.900. The van der Waals surface area contributed by atoms with E-state index < -0.39 is 6.10 Å². The lowest BCUT2D eigenvalue weighted by molar-refractivity contribution is 0.0535. The maximum absolute atomic E-state index is 10.6. The van der Waals surface area contributed by atoms with Crippen LogP contribution in [-0.4, -0.2) is 76.1 Å². The van der Waals surface area contributed by atoms with Gasteiger partial charge < -0.3 is 30.0 Å². The number of H-pyrrole nitrogens is 1. The summed E-state index contributed by atoms with van der Waals surface area (Å²) in [6.45, 7) is 0.869. The van der Waals surface area contributed by atoms with Crippen LogP contribution in [0.2, 0.25) is 0 Å². The zero-order valence-corrected chi connectivity index (χ0v) is 18.5. The summed E-state index contributed by atoms with van der Waals surface area (Å²) in [7, 11) is 1.83. The third kappa shape index (κ3) is 4.49. The number of rotatable bonds is 8. The van der Waals surface area contributed by atoms with Gasteiger partial charge in [-0.05, 0) is 25.2 Å². The Kier molecular flexibility index (Phi) is 6.38. The molecule has 31 heavy (non-hydrogen) atoms. The van der Waals surface area contributed by atoms with Gasteiger partial charge in [-0.3, -0.25) is 0 Å². The van der Waals surface area contributed by atoms with Crippen molar-refractivity contribution in [2.24, 2.45) is 10.1 Å². The van der Waals surface area contributed by atoms with Crippen molar-refractivity contribution >= 4 is 43.9 Å². The van der Waals surface area contributed by atoms with Crippen LogP contribution in [0.25, 0.3) is 10.9 Å². The Morgan fingerprint density at radius 3 is 2.87 bits per heavy atom. The number of aromatic amines is 1. The van der Waals surface area contributed by atoms with E-state index in [-0.39, 0.29) is 12.5 Å². The molecule has 4 N–H and O–H groups in total. The number of halogens is 1. The number of aromatic nitrogens is 1. The van der Waals surface area contributed by atoms with Crippen LogP contribution in [0, 0.1) is 0 Å². The van der Waals surface area contributed by atoms with Crippen molar-refractivity contribution in [3.05, 3.63) is 58.1 Å². The van der Waals surface area contributed by atoms with Crippen LogP contribution in [0.5, 0.6) is 5.88 Å². The second-order valence-corrected chi connectivity index (χ2v) is 8.30. The predicted molar refractivity (Wildman–Crippen MR) is 123 cm³/mol. The molecule has 1 aromatic heterocycles. The third-order valence-electron chi connectivity index (χ3n) is 5.05. The number of fused-ring (bicyclic) bond motifs is 2. The molecule has 0 amide bonds. The fraction of sp³-hybridized carbons (Fsp3) is 0.273. The number of aromatic hydroxyl groups is 1. The first-order valence-corrected chi connectivity index (χ1v) is 10.6. The Hall–Kier alpha value is -2.72. The summed E-state index contributed by atoms with van der Waals surface area (Å²) in [6, 6.07) is 13.3. The van der Waals surface area contributed by atoms with E-state index in [1.54, 1.807) is 0 Å². The normalized spacial score (nSPS) is 15.5. The molecular weight excluding hydrogens is 464 g/mol. The molecule has 8 nitrogen and oxygen atoms in total. The van der Waals surface area contributed by atoms with Crippen LogP contribution in [0.1, 0.15) is 11.1 Å². The zero-order valence-electron chi connectivity index (χ0n) is 16.9. The van der Waals surface area contributed by atoms with E-state index in [9.17, 15) is 10.2 Å². The Morgan fingerprint density at radius 1 is 1.26 bits per heavy atom. The molecule has 162 valence electrons. The van der Waals surface area contributed by atoms with Crippen molar-refractivity contribution in [1.29, 1.82) is 0 Å². The lowest BCUT2D eigenvalue weighted by atomic mass is 10.0. The van der Waals surface area contributed by atoms with E-state index in [0.29, 0.717) is 36.7 Å². The third-order valence-corrected chi connectivity index (χ3v) is 5.54. The largest absolute Gasteiger partial charge is 0.494 e. The molecular formula is C22H23BrN4O4. The Morgan fingerprint density at radius 2 is 2.06 bits per heavy atom. The topological polar surface area (TPSA) is 114 Å². The minimum absolute atomic E-state index is 0.0186. The number of likely N-dealkylation sites (N-methyl/N-ethyl adjacent to an activating group) is 1. The van der Waals surface area contributed by atoms with E-state index in [2.05, 4.69) is 26.1 Å². The maximum atomic E-state index is 10.6. The molecule has 4 rings (SSSR count). The molecule has 0 saturated carbocycles. The van der Waals surface area contributed by atoms with Gasteiger partial charge in [-0.2, -0.15) is 0 Å². The fourth-order valence-corrected chi connectivity index (χ4v) is 3.91. The number of benzene rings is 2. The lowest BCUT2D eigenvalue weighted by Crippen LogP contribution is -2.33. The van der Waals surface area contributed by atoms with Crippen LogP contribution < -0.4 is 0 Å². The summed E-state index contributed by atoms with van der Waals surface area (Å²) in [5, 5.41) is 34.3. The fourth-order valence-electron chi connectivity index (χ4n) is 3.55. The summed E-state index contributed by atoms with van der Waals surface area (Å²) in [5.41, 5.74) is 4.03. The van der Waals surface area contributed by atoms with Gasteiger partial charge in [-0.15, -0.1) is 0 Å². The highest BCUT2D eigenvalue weighted by atomic mass is 79.9. The number of hydrogen-bond acceptors (Lipinski definition) is 7. The molecule has 9 heteroatoms. The van der Waals surface area contributed by atoms with Gasteiger partial charge in [-0.1, -0.05) is 45.4 Å². The lowest BCUT2D eigenvalue weighted by Gasteiger charge is -2.18. The van der Waals surface area contributed by atoms with Gasteiger partial charge in [0.25, 0.3) is 0 Å². The minimum Gasteiger partial charge on any atom is -0.494 e. The molecule has 2 aromatic carbocycles. The number of aliphatic hydroxyl groups is 2. The highest BCUT2D eigenvalue weighted by Crippen LogP contribution is 2.36. The molecule has 0 aliphatic carbocycles. The molecule has 1 unspecified atom stereocenters. The van der Waals surface area contributed by atoms with Crippen LogP contribution in [-0.2, 0) is 4.84 Å². The number of hydrogen-bond donors (Lipinski definition) is 4. The highest BCUT2D eigenvalue weighted by Gasteiger charge is 2.29. The first kappa shape index (κ1) is 21.5. The molecule has 0 bridgehead atoms. The molecule has 1 atom stereocenters. The number of nitrogens with zero attached hydrogens (tertiary/aromatic N) is 3. The second kappa shape index (κ2) is 9.19. The second-order valence-electron chi connectivity index (χ2n) is 7.39. The highest BCUT2D eigenvalue weighted by molar-refractivity contribution is 9.10. The number of oxime groups is 1. The molecule has 1 aliphatic rings. The molecule has 1 aliphatic heterocycles. The van der Waals surface area contributed by atoms with Crippen molar-refractivity contribution in [3.8, 4) is 5.88 Å². The van der Waals surface area contributed by atoms with Crippen molar-refractivity contribution in [2.75, 3.05) is 33.4 Å². The number of nitrogens with one attached hydrogen (secondary N) is 1. The average Bonchev–Trinajstić information content (AvgIpc) is 3.26. The van der Waals surface area contributed by atoms with Gasteiger partial charge in [0.2, 0.25) is 0 Å². The summed E-state index contributed by atoms with van der Waals surface area (Å²) in [6.07, 6.45) is -0.790. The maximum Gasteiger partial charge on any atom is 0.199 e. The average molecular weight is 487 g/mol. The number of aliphatic imine (C=N–C) groups is 1. The molecule has 0 fully saturated rings. The van der Waals surface area contributed by atoms with E-state index >= 15 is 0 Å². The zero-order chi connectivity index (χ0) is 22.0. The minimum atomic E-state index is -0.790. The van der Waals surface area contributed by atoms with Gasteiger partial charge in [0.15, 0.2) is 5.88 Å². The quantitative estimate of drug-likeness (QED) is 0.288. The first-order chi connectivity index (χ1) is 15.0. The van der Waals surface area contributed by atoms with E-state index in [0.717, 1.165) is 26.6 Å². The summed E-state index contributed by atoms with van der Waals surface area (Å²) in [5.74, 6) is 0.0186. The van der Waals surface area contributed by atoms with Crippen molar-refractivity contribution in [3.63, 3.8) is 0 Å². The molecule has 0 radical (unpaired) electrons. The van der Waals surface area contributed by atoms with Crippen molar-refractivity contribution in [1.82, 2.24) is 9.88 Å². The van der Waals surface area contributed by atoms with Gasteiger partial charge in [0, 0.05) is 28.5 Å². The van der Waals surface area contributed by atoms with E-state index in [1.165, 1.54) is 0 Å². The first-order valence-electron chi connectivity index (χ1n) is 9.84. The van der Waals surface area contributed by atoms with Gasteiger partial charge >= 0.3 is 0 Å². The van der Waals surface area contributed by atoms with Gasteiger partial charge in [0.05, 0.1) is 29.5 Å². The predicted octanol–water partition coefficient (Wildman–Crippen LogP) is 2.78. The summed E-state index contributed by atoms with van der Waals surface area (Å²) >= 11 is 3.45. The van der Waals surface area contributed by atoms with Crippen molar-refractivity contribution in [2.45, 2.75) is 6.10 Å². The Labute approximate surface area is 187 Å². The van der Waals surface area contributed by atoms with Crippen molar-refractivity contribution < 1.29 is 20.2 Å². The number of aliphatic hydroxyl groups excluding tert-OH is 2. The smallest absolute Gasteiger partial charge is 0.199 e. The van der Waals surface area contributed by atoms with Gasteiger partial charge in [-0.25, -0.2) is 4.99 Å². The summed E-state index contributed by atoms with van der Waals surface area (Å²) in [4.78, 5) is 15.1. The van der Waals surface area contributed by atoms with Crippen LogP contribution in [0.4, 0.5) is 5.69 Å².